The zero-order valence-electron chi connectivity index (χ0n) is 7.79. The van der Waals surface area contributed by atoms with Crippen LogP contribution in [0.15, 0.2) is 0 Å². The Morgan fingerprint density at radius 2 is 2.13 bits per heavy atom. The molecule has 1 heterocycles. The number of aliphatic carboxylic acids is 2. The molecule has 2 atom stereocenters. The molecular formula is C8H11NO5S. The van der Waals surface area contributed by atoms with Crippen LogP contribution in [0, 0.1) is 0 Å². The molecule has 1 aliphatic heterocycles. The molecule has 6 nitrogen and oxygen atoms in total. The van der Waals surface area contributed by atoms with Crippen molar-refractivity contribution in [3.05, 3.63) is 0 Å². The number of rotatable bonds is 4. The third-order valence-electron chi connectivity index (χ3n) is 2.17. The Morgan fingerprint density at radius 1 is 1.53 bits per heavy atom. The molecule has 84 valence electrons. The van der Waals surface area contributed by atoms with Gasteiger partial charge >= 0.3 is 11.9 Å². The van der Waals surface area contributed by atoms with E-state index < -0.39 is 24.4 Å². The van der Waals surface area contributed by atoms with Crippen LogP contribution in [0.4, 0.5) is 0 Å². The number of hydrogen-bond donors (Lipinski definition) is 3. The van der Waals surface area contributed by atoms with Gasteiger partial charge in [-0.3, -0.25) is 9.59 Å². The van der Waals surface area contributed by atoms with Crippen LogP contribution in [0.5, 0.6) is 0 Å². The lowest BCUT2D eigenvalue weighted by Gasteiger charge is -2.22. The molecule has 15 heavy (non-hydrogen) atoms. The van der Waals surface area contributed by atoms with Crippen molar-refractivity contribution in [2.45, 2.75) is 24.1 Å². The molecule has 1 rings (SSSR count). The SMILES string of the molecule is O=C(O)CC(C(=O)O)N1CC(S)CC1=O. The molecule has 0 aliphatic carbocycles. The number of likely N-dealkylation sites (tertiary alicyclic amines) is 1. The smallest absolute Gasteiger partial charge is 0.327 e. The van der Waals surface area contributed by atoms with E-state index >= 15 is 0 Å². The van der Waals surface area contributed by atoms with Crippen LogP contribution in [0.25, 0.3) is 0 Å². The van der Waals surface area contributed by atoms with Crippen molar-refractivity contribution >= 4 is 30.5 Å². The third kappa shape index (κ3) is 2.85. The second kappa shape index (κ2) is 4.52. The summed E-state index contributed by atoms with van der Waals surface area (Å²) >= 11 is 4.06. The topological polar surface area (TPSA) is 94.9 Å². The number of carboxylic acid groups (broad SMARTS) is 2. The highest BCUT2D eigenvalue weighted by atomic mass is 32.1. The summed E-state index contributed by atoms with van der Waals surface area (Å²) in [6, 6.07) is -1.29. The Kier molecular flexibility index (Phi) is 3.57. The van der Waals surface area contributed by atoms with Crippen LogP contribution in [-0.4, -0.2) is 50.8 Å². The summed E-state index contributed by atoms with van der Waals surface area (Å²) in [4.78, 5) is 33.6. The molecule has 7 heteroatoms. The van der Waals surface area contributed by atoms with E-state index in [1.807, 2.05) is 0 Å². The predicted octanol–water partition coefficient (Wildman–Crippen LogP) is -0.555. The maximum absolute atomic E-state index is 11.3. The molecule has 0 aromatic heterocycles. The van der Waals surface area contributed by atoms with Crippen LogP contribution >= 0.6 is 12.6 Å². The monoisotopic (exact) mass is 233 g/mol. The number of hydrogen-bond acceptors (Lipinski definition) is 4. The molecule has 1 saturated heterocycles. The van der Waals surface area contributed by atoms with Crippen molar-refractivity contribution in [1.29, 1.82) is 0 Å². The van der Waals surface area contributed by atoms with Crippen LogP contribution < -0.4 is 0 Å². The van der Waals surface area contributed by atoms with Crippen molar-refractivity contribution in [2.75, 3.05) is 6.54 Å². The lowest BCUT2D eigenvalue weighted by Crippen LogP contribution is -2.43. The minimum absolute atomic E-state index is 0.159. The van der Waals surface area contributed by atoms with Gasteiger partial charge in [-0.15, -0.1) is 0 Å². The molecule has 0 radical (unpaired) electrons. The summed E-state index contributed by atoms with van der Waals surface area (Å²) in [5.41, 5.74) is 0. The van der Waals surface area contributed by atoms with Crippen LogP contribution in [0.1, 0.15) is 12.8 Å². The quantitative estimate of drug-likeness (QED) is 0.566. The fourth-order valence-electron chi connectivity index (χ4n) is 1.51. The van der Waals surface area contributed by atoms with Gasteiger partial charge in [-0.05, 0) is 0 Å². The number of nitrogens with zero attached hydrogens (tertiary/aromatic N) is 1. The first kappa shape index (κ1) is 11.8. The van der Waals surface area contributed by atoms with Gasteiger partial charge in [0.05, 0.1) is 6.42 Å². The van der Waals surface area contributed by atoms with E-state index in [0.29, 0.717) is 0 Å². The molecule has 0 aromatic carbocycles. The molecule has 0 spiro atoms. The van der Waals surface area contributed by atoms with Gasteiger partial charge in [0.25, 0.3) is 0 Å². The predicted molar refractivity (Wildman–Crippen MR) is 52.8 cm³/mol. The van der Waals surface area contributed by atoms with Gasteiger partial charge in [0.1, 0.15) is 6.04 Å². The van der Waals surface area contributed by atoms with Gasteiger partial charge in [-0.25, -0.2) is 4.79 Å². The lowest BCUT2D eigenvalue weighted by atomic mass is 10.2. The van der Waals surface area contributed by atoms with Crippen LogP contribution in [-0.2, 0) is 14.4 Å². The average Bonchev–Trinajstić information content (AvgIpc) is 2.40. The molecule has 0 aromatic rings. The largest absolute Gasteiger partial charge is 0.481 e. The fraction of sp³-hybridized carbons (Fsp3) is 0.625. The summed E-state index contributed by atoms with van der Waals surface area (Å²) in [7, 11) is 0. The summed E-state index contributed by atoms with van der Waals surface area (Å²) < 4.78 is 0. The lowest BCUT2D eigenvalue weighted by molar-refractivity contribution is -0.153. The highest BCUT2D eigenvalue weighted by Gasteiger charge is 2.37. The third-order valence-corrected chi connectivity index (χ3v) is 2.51. The number of thiol groups is 1. The minimum Gasteiger partial charge on any atom is -0.481 e. The molecule has 0 saturated carbocycles. The van der Waals surface area contributed by atoms with E-state index in [0.717, 1.165) is 4.90 Å². The first-order valence-corrected chi connectivity index (χ1v) is 4.85. The highest BCUT2D eigenvalue weighted by molar-refractivity contribution is 7.81. The molecule has 2 unspecified atom stereocenters. The average molecular weight is 233 g/mol. The zero-order valence-corrected chi connectivity index (χ0v) is 8.68. The van der Waals surface area contributed by atoms with E-state index in [4.69, 9.17) is 10.2 Å². The summed E-state index contributed by atoms with van der Waals surface area (Å²) in [6.07, 6.45) is -0.423. The molecule has 1 fully saturated rings. The zero-order chi connectivity index (χ0) is 11.6. The highest BCUT2D eigenvalue weighted by Crippen LogP contribution is 2.20. The van der Waals surface area contributed by atoms with Gasteiger partial charge in [-0.1, -0.05) is 0 Å². The van der Waals surface area contributed by atoms with Gasteiger partial charge in [0.2, 0.25) is 5.91 Å². The van der Waals surface area contributed by atoms with Crippen LogP contribution in [0.2, 0.25) is 0 Å². The number of amides is 1. The van der Waals surface area contributed by atoms with E-state index in [2.05, 4.69) is 12.6 Å². The number of carbonyl (C=O) groups excluding carboxylic acids is 1. The Labute approximate surface area is 91.3 Å². The number of carboxylic acids is 2. The molecule has 0 bridgehead atoms. The van der Waals surface area contributed by atoms with Crippen molar-refractivity contribution < 1.29 is 24.6 Å². The molecular weight excluding hydrogens is 222 g/mol. The standard InChI is InChI=1S/C8H11NO5S/c10-6-1-4(15)3-9(6)5(8(13)14)2-7(11)12/h4-5,15H,1-3H2,(H,11,12)(H,13,14). The van der Waals surface area contributed by atoms with Crippen molar-refractivity contribution in [3.63, 3.8) is 0 Å². The van der Waals surface area contributed by atoms with Gasteiger partial charge in [0.15, 0.2) is 0 Å². The summed E-state index contributed by atoms with van der Waals surface area (Å²) in [6.45, 7) is 0.187. The Balaban J connectivity index is 2.76. The van der Waals surface area contributed by atoms with Gasteiger partial charge in [-0.2, -0.15) is 12.6 Å². The normalized spacial score (nSPS) is 22.9. The first-order chi connectivity index (χ1) is 6.91. The van der Waals surface area contributed by atoms with Crippen molar-refractivity contribution in [2.24, 2.45) is 0 Å². The molecule has 2 N–H and O–H groups in total. The van der Waals surface area contributed by atoms with E-state index in [1.54, 1.807) is 0 Å². The van der Waals surface area contributed by atoms with Gasteiger partial charge in [0, 0.05) is 18.2 Å². The van der Waals surface area contributed by atoms with Crippen molar-refractivity contribution in [1.82, 2.24) is 4.90 Å². The first-order valence-electron chi connectivity index (χ1n) is 4.34. The van der Waals surface area contributed by atoms with Crippen molar-refractivity contribution in [3.8, 4) is 0 Å². The number of carbonyl (C=O) groups is 3. The maximum atomic E-state index is 11.3. The van der Waals surface area contributed by atoms with Gasteiger partial charge < -0.3 is 15.1 Å². The van der Waals surface area contributed by atoms with Crippen LogP contribution in [0.3, 0.4) is 0 Å². The second-order valence-electron chi connectivity index (χ2n) is 3.36. The fourth-order valence-corrected chi connectivity index (χ4v) is 1.84. The summed E-state index contributed by atoms with van der Waals surface area (Å²) in [5.74, 6) is -2.89. The second-order valence-corrected chi connectivity index (χ2v) is 4.09. The Morgan fingerprint density at radius 3 is 2.47 bits per heavy atom. The van der Waals surface area contributed by atoms with E-state index in [9.17, 15) is 14.4 Å². The minimum atomic E-state index is -1.30. The summed E-state index contributed by atoms with van der Waals surface area (Å²) in [5, 5.41) is 17.1. The van der Waals surface area contributed by atoms with E-state index in [-0.39, 0.29) is 24.1 Å². The Hall–Kier alpha value is -1.24. The molecule has 1 amide bonds. The molecule has 1 aliphatic rings. The van der Waals surface area contributed by atoms with E-state index in [1.165, 1.54) is 0 Å². The maximum Gasteiger partial charge on any atom is 0.327 e. The Bertz CT molecular complexity index is 305.